The van der Waals surface area contributed by atoms with Gasteiger partial charge >= 0.3 is 7.82 Å². The van der Waals surface area contributed by atoms with Crippen molar-refractivity contribution in [1.82, 2.24) is 4.90 Å². The first kappa shape index (κ1) is 17.6. The molecule has 106 valence electrons. The zero-order chi connectivity index (χ0) is 14.2. The lowest BCUT2D eigenvalue weighted by molar-refractivity contribution is 0.107. The number of rotatable bonds is 9. The van der Waals surface area contributed by atoms with Crippen molar-refractivity contribution in [3.63, 3.8) is 0 Å². The Balaban J connectivity index is 4.01. The molecule has 0 rings (SSSR count). The van der Waals surface area contributed by atoms with Gasteiger partial charge in [0.05, 0.1) is 25.7 Å². The first-order chi connectivity index (χ1) is 8.30. The molecule has 1 N–H and O–H groups in total. The molecular formula is C11H23N2O4P. The van der Waals surface area contributed by atoms with Gasteiger partial charge in [0.25, 0.3) is 0 Å². The minimum absolute atomic E-state index is 0.0675. The van der Waals surface area contributed by atoms with Crippen LogP contribution >= 0.6 is 7.82 Å². The molecule has 0 aliphatic rings. The van der Waals surface area contributed by atoms with E-state index in [4.69, 9.17) is 9.79 Å². The molecule has 7 heteroatoms. The van der Waals surface area contributed by atoms with Gasteiger partial charge in [0.1, 0.15) is 0 Å². The summed E-state index contributed by atoms with van der Waals surface area (Å²) < 4.78 is 20.9. The fraction of sp³-hybridized carbons (Fsp3) is 0.909. The third kappa shape index (κ3) is 7.80. The number of nitrogens with zero attached hydrogens (tertiary/aromatic N) is 2. The van der Waals surface area contributed by atoms with E-state index >= 15 is 0 Å². The van der Waals surface area contributed by atoms with E-state index < -0.39 is 7.82 Å². The van der Waals surface area contributed by atoms with Crippen molar-refractivity contribution in [2.45, 2.75) is 46.2 Å². The van der Waals surface area contributed by atoms with Crippen molar-refractivity contribution in [3.05, 3.63) is 0 Å². The molecule has 0 spiro atoms. The molecule has 0 aliphatic carbocycles. The van der Waals surface area contributed by atoms with Crippen LogP contribution in [0, 0.1) is 11.3 Å². The highest BCUT2D eigenvalue weighted by Gasteiger charge is 2.22. The highest BCUT2D eigenvalue weighted by Crippen LogP contribution is 2.42. The maximum atomic E-state index is 11.4. The summed E-state index contributed by atoms with van der Waals surface area (Å²) in [6.45, 7) is 8.81. The second kappa shape index (κ2) is 8.63. The fourth-order valence-corrected chi connectivity index (χ4v) is 2.33. The maximum Gasteiger partial charge on any atom is 0.472 e. The molecule has 0 amide bonds. The van der Waals surface area contributed by atoms with Gasteiger partial charge in [-0.3, -0.25) is 13.9 Å². The quantitative estimate of drug-likeness (QED) is 0.514. The fourth-order valence-electron chi connectivity index (χ4n) is 1.62. The summed E-state index contributed by atoms with van der Waals surface area (Å²) in [6.07, 6.45) is 0.0675. The average molecular weight is 278 g/mol. The third-order valence-electron chi connectivity index (χ3n) is 2.40. The summed E-state index contributed by atoms with van der Waals surface area (Å²) in [4.78, 5) is 11.5. The van der Waals surface area contributed by atoms with Crippen LogP contribution in [0.25, 0.3) is 0 Å². The van der Waals surface area contributed by atoms with Gasteiger partial charge in [-0.25, -0.2) is 4.57 Å². The second-order valence-electron chi connectivity index (χ2n) is 4.47. The van der Waals surface area contributed by atoms with Crippen LogP contribution in [-0.4, -0.2) is 41.6 Å². The molecule has 6 nitrogen and oxygen atoms in total. The number of hydrogen-bond donors (Lipinski definition) is 1. The van der Waals surface area contributed by atoms with E-state index in [0.29, 0.717) is 18.6 Å². The zero-order valence-corrected chi connectivity index (χ0v) is 12.4. The molecule has 0 aromatic carbocycles. The molecule has 1 unspecified atom stereocenters. The van der Waals surface area contributed by atoms with Crippen LogP contribution in [0.3, 0.4) is 0 Å². The largest absolute Gasteiger partial charge is 0.472 e. The van der Waals surface area contributed by atoms with Crippen molar-refractivity contribution < 1.29 is 18.5 Å². The molecule has 0 aromatic heterocycles. The first-order valence-corrected chi connectivity index (χ1v) is 7.54. The Morgan fingerprint density at radius 3 is 2.17 bits per heavy atom. The van der Waals surface area contributed by atoms with E-state index in [0.717, 1.165) is 0 Å². The van der Waals surface area contributed by atoms with Gasteiger partial charge in [0, 0.05) is 18.6 Å². The van der Waals surface area contributed by atoms with Crippen LogP contribution in [0.1, 0.15) is 34.1 Å². The van der Waals surface area contributed by atoms with E-state index in [9.17, 15) is 9.46 Å². The molecule has 0 aliphatic heterocycles. The predicted octanol–water partition coefficient (Wildman–Crippen LogP) is 2.15. The summed E-state index contributed by atoms with van der Waals surface area (Å²) in [7, 11) is -4.02. The lowest BCUT2D eigenvalue weighted by Crippen LogP contribution is -2.39. The highest BCUT2D eigenvalue weighted by atomic mass is 31.2. The lowest BCUT2D eigenvalue weighted by atomic mass is 10.2. The topological polar surface area (TPSA) is 82.8 Å². The Bertz CT molecular complexity index is 307. The third-order valence-corrected chi connectivity index (χ3v) is 3.42. The van der Waals surface area contributed by atoms with Crippen LogP contribution in [0.5, 0.6) is 0 Å². The Kier molecular flexibility index (Phi) is 8.41. The van der Waals surface area contributed by atoms with E-state index in [1.807, 2.05) is 6.07 Å². The number of hydrogen-bond acceptors (Lipinski definition) is 5. The van der Waals surface area contributed by atoms with Crippen molar-refractivity contribution in [2.24, 2.45) is 0 Å². The predicted molar refractivity (Wildman–Crippen MR) is 68.9 cm³/mol. The first-order valence-electron chi connectivity index (χ1n) is 6.04. The minimum atomic E-state index is -4.02. The lowest BCUT2D eigenvalue weighted by Gasteiger charge is -2.30. The van der Waals surface area contributed by atoms with E-state index in [-0.39, 0.29) is 19.6 Å². The molecule has 0 fully saturated rings. The van der Waals surface area contributed by atoms with Gasteiger partial charge in [0.2, 0.25) is 0 Å². The van der Waals surface area contributed by atoms with Crippen LogP contribution < -0.4 is 0 Å². The smallest absolute Gasteiger partial charge is 0.302 e. The average Bonchev–Trinajstić information content (AvgIpc) is 2.23. The molecule has 0 bridgehead atoms. The van der Waals surface area contributed by atoms with Crippen molar-refractivity contribution in [2.75, 3.05) is 19.8 Å². The summed E-state index contributed by atoms with van der Waals surface area (Å²) >= 11 is 0. The highest BCUT2D eigenvalue weighted by molar-refractivity contribution is 7.47. The summed E-state index contributed by atoms with van der Waals surface area (Å²) in [6, 6.07) is 2.50. The SMILES string of the molecule is CC(C)N(CCOP(=O)(O)OCCC#N)C(C)C. The Morgan fingerprint density at radius 2 is 1.72 bits per heavy atom. The van der Waals surface area contributed by atoms with E-state index in [2.05, 4.69) is 37.1 Å². The molecule has 0 aromatic rings. The van der Waals surface area contributed by atoms with Crippen LogP contribution in [-0.2, 0) is 13.6 Å². The van der Waals surface area contributed by atoms with Gasteiger partial charge in [-0.15, -0.1) is 0 Å². The van der Waals surface area contributed by atoms with Gasteiger partial charge in [-0.2, -0.15) is 5.26 Å². The molecule has 0 heterocycles. The monoisotopic (exact) mass is 278 g/mol. The summed E-state index contributed by atoms with van der Waals surface area (Å²) in [5.41, 5.74) is 0. The normalized spacial score (nSPS) is 15.1. The number of phosphoric ester groups is 1. The molecule has 1 atom stereocenters. The standard InChI is InChI=1S/C11H23N2O4P/c1-10(2)13(11(3)4)7-9-17-18(14,15)16-8-5-6-12/h10-11H,5,7-9H2,1-4H3,(H,14,15). The zero-order valence-electron chi connectivity index (χ0n) is 11.5. The minimum Gasteiger partial charge on any atom is -0.302 e. The number of nitriles is 1. The molecule has 0 saturated heterocycles. The van der Waals surface area contributed by atoms with Crippen molar-refractivity contribution in [3.8, 4) is 6.07 Å². The molecule has 0 saturated carbocycles. The number of phosphoric acid groups is 1. The molecule has 18 heavy (non-hydrogen) atoms. The second-order valence-corrected chi connectivity index (χ2v) is 5.92. The van der Waals surface area contributed by atoms with E-state index in [1.54, 1.807) is 0 Å². The van der Waals surface area contributed by atoms with Gasteiger partial charge < -0.3 is 4.89 Å². The summed E-state index contributed by atoms with van der Waals surface area (Å²) in [5, 5.41) is 8.29. The van der Waals surface area contributed by atoms with Crippen LogP contribution in [0.15, 0.2) is 0 Å². The van der Waals surface area contributed by atoms with Crippen LogP contribution in [0.2, 0.25) is 0 Å². The molecular weight excluding hydrogens is 255 g/mol. The van der Waals surface area contributed by atoms with Gasteiger partial charge in [0.15, 0.2) is 0 Å². The Hall–Kier alpha value is -0.440. The van der Waals surface area contributed by atoms with Crippen LogP contribution in [0.4, 0.5) is 0 Å². The Morgan fingerprint density at radius 1 is 1.22 bits per heavy atom. The Labute approximate surface area is 109 Å². The molecule has 0 radical (unpaired) electrons. The van der Waals surface area contributed by atoms with Gasteiger partial charge in [-0.1, -0.05) is 0 Å². The van der Waals surface area contributed by atoms with Crippen molar-refractivity contribution >= 4 is 7.82 Å². The van der Waals surface area contributed by atoms with Crippen molar-refractivity contribution in [1.29, 1.82) is 5.26 Å². The summed E-state index contributed by atoms with van der Waals surface area (Å²) in [5.74, 6) is 0. The van der Waals surface area contributed by atoms with Gasteiger partial charge in [-0.05, 0) is 27.7 Å². The van der Waals surface area contributed by atoms with E-state index in [1.165, 1.54) is 0 Å². The maximum absolute atomic E-state index is 11.4.